The monoisotopic (exact) mass is 350 g/mol. The summed E-state index contributed by atoms with van der Waals surface area (Å²) < 4.78 is 6.85. The van der Waals surface area contributed by atoms with Gasteiger partial charge in [-0.25, -0.2) is 9.48 Å². The maximum absolute atomic E-state index is 12.0. The molecule has 0 unspecified atom stereocenters. The fourth-order valence-electron chi connectivity index (χ4n) is 2.23. The molecule has 0 atom stereocenters. The van der Waals surface area contributed by atoms with E-state index in [0.29, 0.717) is 24.5 Å². The maximum atomic E-state index is 12.0. The first-order valence-corrected chi connectivity index (χ1v) is 8.03. The van der Waals surface area contributed by atoms with E-state index in [9.17, 15) is 9.59 Å². The van der Waals surface area contributed by atoms with E-state index < -0.39 is 11.5 Å². The number of rotatable bonds is 3. The highest BCUT2D eigenvalue weighted by molar-refractivity contribution is 7.90. The average Bonchev–Trinajstić information content (AvgIpc) is 2.95. The average molecular weight is 350 g/mol. The molecule has 0 spiro atoms. The molecule has 130 valence electrons. The van der Waals surface area contributed by atoms with Crippen LogP contribution in [0.25, 0.3) is 10.6 Å². The Bertz CT molecular complexity index is 700. The second kappa shape index (κ2) is 7.12. The first kappa shape index (κ1) is 18.1. The van der Waals surface area contributed by atoms with Crippen LogP contribution in [-0.2, 0) is 9.53 Å². The van der Waals surface area contributed by atoms with E-state index in [2.05, 4.69) is 17.7 Å². The van der Waals surface area contributed by atoms with Crippen molar-refractivity contribution < 1.29 is 14.3 Å². The number of aromatic nitrogens is 2. The molecule has 2 rings (SSSR count). The van der Waals surface area contributed by atoms with Crippen LogP contribution in [0.4, 0.5) is 4.79 Å². The fraction of sp³-hybridized carbons (Fsp3) is 0.438. The number of hydrogen-bond donors (Lipinski definition) is 2. The lowest BCUT2D eigenvalue weighted by Crippen LogP contribution is -2.39. The molecule has 1 aliphatic rings. The minimum Gasteiger partial charge on any atom is -0.444 e. The Morgan fingerprint density at radius 2 is 2.12 bits per heavy atom. The van der Waals surface area contributed by atoms with E-state index in [4.69, 9.17) is 10.5 Å². The van der Waals surface area contributed by atoms with Crippen molar-refractivity contribution in [1.29, 1.82) is 0 Å². The Labute approximate surface area is 146 Å². The molecule has 7 nitrogen and oxygen atoms in total. The van der Waals surface area contributed by atoms with Crippen molar-refractivity contribution in [2.75, 3.05) is 13.1 Å². The van der Waals surface area contributed by atoms with Crippen LogP contribution in [0, 0.1) is 0 Å². The predicted octanol–water partition coefficient (Wildman–Crippen LogP) is 2.12. The van der Waals surface area contributed by atoms with Gasteiger partial charge >= 0.3 is 6.09 Å². The van der Waals surface area contributed by atoms with Gasteiger partial charge in [0.15, 0.2) is 0 Å². The molecule has 0 saturated carbocycles. The summed E-state index contributed by atoms with van der Waals surface area (Å²) >= 11 is 4.19. The van der Waals surface area contributed by atoms with Gasteiger partial charge in [0.1, 0.15) is 5.60 Å². The summed E-state index contributed by atoms with van der Waals surface area (Å²) in [7, 11) is 0. The van der Waals surface area contributed by atoms with Crippen LogP contribution in [0.5, 0.6) is 0 Å². The van der Waals surface area contributed by atoms with Crippen molar-refractivity contribution in [3.8, 4) is 0 Å². The van der Waals surface area contributed by atoms with Gasteiger partial charge in [-0.05, 0) is 32.8 Å². The van der Waals surface area contributed by atoms with Crippen molar-refractivity contribution in [3.63, 3.8) is 0 Å². The molecule has 1 aromatic heterocycles. The summed E-state index contributed by atoms with van der Waals surface area (Å²) in [5.74, 6) is -0.582. The third kappa shape index (κ3) is 4.89. The number of nitrogens with two attached hydrogens (primary N) is 1. The number of carbonyl (C=O) groups excluding carboxylic acids is 2. The third-order valence-corrected chi connectivity index (χ3v) is 3.65. The zero-order chi connectivity index (χ0) is 17.9. The lowest BCUT2D eigenvalue weighted by molar-refractivity contribution is -0.113. The van der Waals surface area contributed by atoms with Crippen LogP contribution in [0.3, 0.4) is 0 Å². The molecule has 0 fully saturated rings. The molecule has 0 saturated heterocycles. The Morgan fingerprint density at radius 3 is 2.67 bits per heavy atom. The molecule has 0 aromatic carbocycles. The molecule has 8 heteroatoms. The number of amides is 2. The van der Waals surface area contributed by atoms with Gasteiger partial charge < -0.3 is 15.4 Å². The Kier molecular flexibility index (Phi) is 5.38. The lowest BCUT2D eigenvalue weighted by Gasteiger charge is -2.29. The smallest absolute Gasteiger partial charge is 0.410 e. The van der Waals surface area contributed by atoms with Crippen LogP contribution in [0.2, 0.25) is 0 Å². The molecular formula is C16H22N4O3S. The van der Waals surface area contributed by atoms with Crippen LogP contribution >= 0.6 is 12.6 Å². The van der Waals surface area contributed by atoms with Gasteiger partial charge in [0, 0.05) is 30.9 Å². The minimum atomic E-state index is -0.582. The molecular weight excluding hydrogens is 328 g/mol. The van der Waals surface area contributed by atoms with E-state index >= 15 is 0 Å². The molecule has 0 radical (unpaired) electrons. The number of hydrogen-bond acceptors (Lipinski definition) is 5. The van der Waals surface area contributed by atoms with E-state index in [1.165, 1.54) is 10.8 Å². The Morgan fingerprint density at radius 1 is 1.42 bits per heavy atom. The molecule has 1 aliphatic heterocycles. The van der Waals surface area contributed by atoms with Crippen molar-refractivity contribution in [3.05, 3.63) is 30.1 Å². The second-order valence-electron chi connectivity index (χ2n) is 6.48. The van der Waals surface area contributed by atoms with Gasteiger partial charge in [-0.1, -0.05) is 6.08 Å². The zero-order valence-electron chi connectivity index (χ0n) is 14.0. The number of nitrogens with zero attached hydrogens (tertiary/aromatic N) is 3. The number of thiol groups is 1. The lowest BCUT2D eigenvalue weighted by atomic mass is 10.0. The van der Waals surface area contributed by atoms with Gasteiger partial charge in [-0.3, -0.25) is 4.79 Å². The quantitative estimate of drug-likeness (QED) is 0.645. The van der Waals surface area contributed by atoms with Crippen LogP contribution in [0.15, 0.2) is 24.5 Å². The summed E-state index contributed by atoms with van der Waals surface area (Å²) in [6.07, 6.45) is 7.03. The standard InChI is InChI=1S/C16H22N4O3S/c1-16(2,3)23-15(22)19-6-4-11(5-7-19)12-9-18-20(10-12)14(24)8-13(17)21/h4,8-10,24H,5-7H2,1-3H3,(H2,17,21)/b14-8-. The molecule has 24 heavy (non-hydrogen) atoms. The molecule has 2 heterocycles. The van der Waals surface area contributed by atoms with E-state index in [0.717, 1.165) is 11.1 Å². The van der Waals surface area contributed by atoms with Crippen molar-refractivity contribution in [1.82, 2.24) is 14.7 Å². The summed E-state index contributed by atoms with van der Waals surface area (Å²) in [6.45, 7) is 6.61. The van der Waals surface area contributed by atoms with Crippen LogP contribution < -0.4 is 5.73 Å². The van der Waals surface area contributed by atoms with E-state index in [1.807, 2.05) is 26.8 Å². The zero-order valence-corrected chi connectivity index (χ0v) is 14.9. The first-order chi connectivity index (χ1) is 11.2. The van der Waals surface area contributed by atoms with Gasteiger partial charge in [-0.15, -0.1) is 12.6 Å². The summed E-state index contributed by atoms with van der Waals surface area (Å²) in [5, 5.41) is 4.51. The highest BCUT2D eigenvalue weighted by Crippen LogP contribution is 2.24. The van der Waals surface area contributed by atoms with Crippen molar-refractivity contribution in [2.24, 2.45) is 5.73 Å². The van der Waals surface area contributed by atoms with Gasteiger partial charge in [0.05, 0.1) is 11.2 Å². The molecule has 1 aromatic rings. The normalized spacial score (nSPS) is 15.9. The Hall–Kier alpha value is -2.22. The van der Waals surface area contributed by atoms with E-state index in [-0.39, 0.29) is 6.09 Å². The molecule has 2 amide bonds. The first-order valence-electron chi connectivity index (χ1n) is 7.58. The molecule has 2 N–H and O–H groups in total. The van der Waals surface area contributed by atoms with Gasteiger partial charge in [-0.2, -0.15) is 5.10 Å². The van der Waals surface area contributed by atoms with Crippen LogP contribution in [0.1, 0.15) is 32.8 Å². The number of ether oxygens (including phenoxy) is 1. The van der Waals surface area contributed by atoms with Crippen molar-refractivity contribution in [2.45, 2.75) is 32.8 Å². The SMILES string of the molecule is CC(C)(C)OC(=O)N1CC=C(c2cnn(/C(S)=C/C(N)=O)c2)CC1. The number of carbonyl (C=O) groups is 2. The summed E-state index contributed by atoms with van der Waals surface area (Å²) in [4.78, 5) is 24.6. The van der Waals surface area contributed by atoms with Crippen molar-refractivity contribution >= 4 is 35.2 Å². The summed E-state index contributed by atoms with van der Waals surface area (Å²) in [5.41, 5.74) is 6.60. The van der Waals surface area contributed by atoms with Crippen LogP contribution in [-0.4, -0.2) is 45.4 Å². The fourth-order valence-corrected chi connectivity index (χ4v) is 2.47. The topological polar surface area (TPSA) is 90.4 Å². The molecule has 0 bridgehead atoms. The number of primary amides is 1. The second-order valence-corrected chi connectivity index (χ2v) is 6.94. The third-order valence-electron chi connectivity index (χ3n) is 3.32. The molecule has 0 aliphatic carbocycles. The Balaban J connectivity index is 2.04. The van der Waals surface area contributed by atoms with Gasteiger partial charge in [0.25, 0.3) is 0 Å². The highest BCUT2D eigenvalue weighted by Gasteiger charge is 2.24. The largest absolute Gasteiger partial charge is 0.444 e. The highest BCUT2D eigenvalue weighted by atomic mass is 32.1. The van der Waals surface area contributed by atoms with Gasteiger partial charge in [0.2, 0.25) is 5.91 Å². The predicted molar refractivity (Wildman–Crippen MR) is 95.1 cm³/mol. The van der Waals surface area contributed by atoms with E-state index in [1.54, 1.807) is 17.3 Å². The maximum Gasteiger partial charge on any atom is 0.410 e. The minimum absolute atomic E-state index is 0.310. The summed E-state index contributed by atoms with van der Waals surface area (Å²) in [6, 6.07) is 0.